The number of carboxylic acid groups (broad SMARTS) is 1. The molecule has 168 valence electrons. The van der Waals surface area contributed by atoms with E-state index in [1.54, 1.807) is 39.0 Å². The standard InChI is InChI=1S/C24H32N2O5/c1-5-19-18-11-10-17(30-21-9-7-6-8-15(21)14-25)12-16(18)13-20(22(27)28)26(19)23(29)31-24(2,3)4/h6-9,16-20H,5,10-13H2,1-4H3,(H,27,28)/t16-,17+,18-,19?,20+/m1/s1. The van der Waals surface area contributed by atoms with Gasteiger partial charge in [0.25, 0.3) is 0 Å². The lowest BCUT2D eigenvalue weighted by Gasteiger charge is -2.51. The van der Waals surface area contributed by atoms with E-state index < -0.39 is 23.7 Å². The Balaban J connectivity index is 1.79. The van der Waals surface area contributed by atoms with Crippen LogP contribution in [0.1, 0.15) is 65.4 Å². The molecule has 31 heavy (non-hydrogen) atoms. The highest BCUT2D eigenvalue weighted by Crippen LogP contribution is 2.45. The summed E-state index contributed by atoms with van der Waals surface area (Å²) in [4.78, 5) is 26.5. The molecule has 1 unspecified atom stereocenters. The summed E-state index contributed by atoms with van der Waals surface area (Å²) in [6.07, 6.45) is 2.79. The van der Waals surface area contributed by atoms with Crippen LogP contribution in [0.5, 0.6) is 5.75 Å². The summed E-state index contributed by atoms with van der Waals surface area (Å²) in [6.45, 7) is 7.36. The van der Waals surface area contributed by atoms with Crippen molar-refractivity contribution < 1.29 is 24.2 Å². The van der Waals surface area contributed by atoms with E-state index in [0.717, 1.165) is 12.8 Å². The lowest BCUT2D eigenvalue weighted by molar-refractivity contribution is -0.150. The summed E-state index contributed by atoms with van der Waals surface area (Å²) in [5.41, 5.74) is -0.186. The quantitative estimate of drug-likeness (QED) is 0.753. The molecule has 2 aliphatic rings. The Morgan fingerprint density at radius 3 is 2.55 bits per heavy atom. The molecule has 1 heterocycles. The topological polar surface area (TPSA) is 99.9 Å². The first-order chi connectivity index (χ1) is 14.6. The van der Waals surface area contributed by atoms with Gasteiger partial charge in [0.1, 0.15) is 23.5 Å². The molecule has 1 aliphatic heterocycles. The molecule has 1 aromatic carbocycles. The number of piperidine rings is 1. The van der Waals surface area contributed by atoms with Gasteiger partial charge in [-0.25, -0.2) is 9.59 Å². The second kappa shape index (κ2) is 9.17. The Kier molecular flexibility index (Phi) is 6.78. The molecular formula is C24H32N2O5. The maximum absolute atomic E-state index is 12.9. The molecule has 1 aromatic rings. The average Bonchev–Trinajstić information content (AvgIpc) is 2.71. The Bertz CT molecular complexity index is 856. The smallest absolute Gasteiger partial charge is 0.411 e. The van der Waals surface area contributed by atoms with E-state index in [2.05, 4.69) is 6.07 Å². The molecule has 1 amide bonds. The van der Waals surface area contributed by atoms with E-state index in [-0.39, 0.29) is 24.0 Å². The number of likely N-dealkylation sites (tertiary alicyclic amines) is 1. The fourth-order valence-corrected chi connectivity index (χ4v) is 5.10. The third kappa shape index (κ3) is 5.12. The van der Waals surface area contributed by atoms with Crippen LogP contribution in [0.25, 0.3) is 0 Å². The summed E-state index contributed by atoms with van der Waals surface area (Å²) in [5.74, 6) is -0.0843. The SMILES string of the molecule is CCC1[C@@H]2CC[C@H](Oc3ccccc3C#N)C[C@@H]2C[C@@H](C(=O)O)N1C(=O)OC(C)(C)C. The molecular weight excluding hydrogens is 396 g/mol. The Hall–Kier alpha value is -2.75. The third-order valence-corrected chi connectivity index (χ3v) is 6.32. The van der Waals surface area contributed by atoms with E-state index in [0.29, 0.717) is 30.6 Å². The van der Waals surface area contributed by atoms with Crippen molar-refractivity contribution in [2.24, 2.45) is 11.8 Å². The lowest BCUT2D eigenvalue weighted by atomic mass is 9.67. The summed E-state index contributed by atoms with van der Waals surface area (Å²) in [6, 6.07) is 8.24. The van der Waals surface area contributed by atoms with Crippen molar-refractivity contribution in [3.8, 4) is 11.8 Å². The summed E-state index contributed by atoms with van der Waals surface area (Å²) in [5, 5.41) is 19.2. The van der Waals surface area contributed by atoms with Crippen molar-refractivity contribution in [1.82, 2.24) is 4.90 Å². The second-order valence-corrected chi connectivity index (χ2v) is 9.54. The molecule has 1 saturated carbocycles. The van der Waals surface area contributed by atoms with Gasteiger partial charge in [-0.2, -0.15) is 5.26 Å². The van der Waals surface area contributed by atoms with Gasteiger partial charge in [0.15, 0.2) is 0 Å². The van der Waals surface area contributed by atoms with E-state index >= 15 is 0 Å². The van der Waals surface area contributed by atoms with Crippen LogP contribution in [0, 0.1) is 23.2 Å². The van der Waals surface area contributed by atoms with E-state index in [4.69, 9.17) is 9.47 Å². The van der Waals surface area contributed by atoms with Gasteiger partial charge in [-0.05, 0) is 76.8 Å². The molecule has 2 fully saturated rings. The van der Waals surface area contributed by atoms with Gasteiger partial charge in [-0.1, -0.05) is 19.1 Å². The van der Waals surface area contributed by atoms with Crippen molar-refractivity contribution >= 4 is 12.1 Å². The molecule has 7 heteroatoms. The normalized spacial score (nSPS) is 28.2. The van der Waals surface area contributed by atoms with Gasteiger partial charge in [-0.15, -0.1) is 0 Å². The largest absolute Gasteiger partial charge is 0.489 e. The molecule has 5 atom stereocenters. The summed E-state index contributed by atoms with van der Waals surface area (Å²) in [7, 11) is 0. The van der Waals surface area contributed by atoms with Gasteiger partial charge in [0.2, 0.25) is 0 Å². The van der Waals surface area contributed by atoms with Crippen molar-refractivity contribution in [1.29, 1.82) is 5.26 Å². The minimum absolute atomic E-state index is 0.0734. The molecule has 1 saturated heterocycles. The number of nitrogens with zero attached hydrogens (tertiary/aromatic N) is 2. The number of hydrogen-bond acceptors (Lipinski definition) is 5. The van der Waals surface area contributed by atoms with Crippen LogP contribution in [-0.4, -0.2) is 45.9 Å². The minimum Gasteiger partial charge on any atom is -0.489 e. The molecule has 0 bridgehead atoms. The zero-order chi connectivity index (χ0) is 22.8. The van der Waals surface area contributed by atoms with Crippen LogP contribution in [0.3, 0.4) is 0 Å². The number of carbonyl (C=O) groups is 2. The average molecular weight is 429 g/mol. The monoisotopic (exact) mass is 428 g/mol. The van der Waals surface area contributed by atoms with Gasteiger partial charge < -0.3 is 14.6 Å². The van der Waals surface area contributed by atoms with Gasteiger partial charge in [0, 0.05) is 6.04 Å². The number of ether oxygens (including phenoxy) is 2. The van der Waals surface area contributed by atoms with Crippen LogP contribution >= 0.6 is 0 Å². The molecule has 1 aliphatic carbocycles. The Morgan fingerprint density at radius 2 is 1.94 bits per heavy atom. The first kappa shape index (κ1) is 22.9. The highest BCUT2D eigenvalue weighted by Gasteiger charge is 2.50. The van der Waals surface area contributed by atoms with Crippen molar-refractivity contribution in [3.63, 3.8) is 0 Å². The molecule has 0 radical (unpaired) electrons. The first-order valence-electron chi connectivity index (χ1n) is 11.0. The number of carbonyl (C=O) groups excluding carboxylic acids is 1. The number of hydrogen-bond donors (Lipinski definition) is 1. The van der Waals surface area contributed by atoms with E-state index in [1.807, 2.05) is 13.0 Å². The number of amides is 1. The van der Waals surface area contributed by atoms with Crippen molar-refractivity contribution in [3.05, 3.63) is 29.8 Å². The molecule has 1 N–H and O–H groups in total. The second-order valence-electron chi connectivity index (χ2n) is 9.54. The fraction of sp³-hybridized carbons (Fsp3) is 0.625. The maximum Gasteiger partial charge on any atom is 0.411 e. The first-order valence-corrected chi connectivity index (χ1v) is 11.0. The van der Waals surface area contributed by atoms with Crippen LogP contribution in [0.15, 0.2) is 24.3 Å². The number of aliphatic carboxylic acids is 1. The Labute approximate surface area is 183 Å². The predicted molar refractivity (Wildman–Crippen MR) is 115 cm³/mol. The number of rotatable bonds is 4. The zero-order valence-electron chi connectivity index (χ0n) is 18.7. The summed E-state index contributed by atoms with van der Waals surface area (Å²) < 4.78 is 11.7. The summed E-state index contributed by atoms with van der Waals surface area (Å²) >= 11 is 0. The highest BCUT2D eigenvalue weighted by atomic mass is 16.6. The number of carboxylic acids is 1. The van der Waals surface area contributed by atoms with Crippen LogP contribution in [0.4, 0.5) is 4.79 Å². The number of benzene rings is 1. The fourth-order valence-electron chi connectivity index (χ4n) is 5.10. The van der Waals surface area contributed by atoms with Crippen LogP contribution < -0.4 is 4.74 Å². The molecule has 3 rings (SSSR count). The van der Waals surface area contributed by atoms with Crippen molar-refractivity contribution in [2.75, 3.05) is 0 Å². The maximum atomic E-state index is 12.9. The van der Waals surface area contributed by atoms with Gasteiger partial charge in [-0.3, -0.25) is 4.90 Å². The number of nitriles is 1. The van der Waals surface area contributed by atoms with Gasteiger partial charge in [0.05, 0.1) is 11.7 Å². The highest BCUT2D eigenvalue weighted by molar-refractivity contribution is 5.81. The predicted octanol–water partition coefficient (Wildman–Crippen LogP) is 4.59. The van der Waals surface area contributed by atoms with Gasteiger partial charge >= 0.3 is 12.1 Å². The third-order valence-electron chi connectivity index (χ3n) is 6.32. The van der Waals surface area contributed by atoms with E-state index in [9.17, 15) is 20.0 Å². The van der Waals surface area contributed by atoms with Crippen molar-refractivity contribution in [2.45, 2.75) is 83.6 Å². The van der Waals surface area contributed by atoms with E-state index in [1.165, 1.54) is 4.90 Å². The van der Waals surface area contributed by atoms with Crippen LogP contribution in [0.2, 0.25) is 0 Å². The molecule has 0 spiro atoms. The number of para-hydroxylation sites is 1. The number of fused-ring (bicyclic) bond motifs is 1. The lowest BCUT2D eigenvalue weighted by Crippen LogP contribution is -2.61. The van der Waals surface area contributed by atoms with Crippen LogP contribution in [-0.2, 0) is 9.53 Å². The Morgan fingerprint density at radius 1 is 1.23 bits per heavy atom. The zero-order valence-corrected chi connectivity index (χ0v) is 18.7. The minimum atomic E-state index is -0.999. The molecule has 0 aromatic heterocycles. The molecule has 7 nitrogen and oxygen atoms in total.